The molecule has 0 aliphatic carbocycles. The molecule has 0 unspecified atom stereocenters. The summed E-state index contributed by atoms with van der Waals surface area (Å²) >= 11 is 0. The van der Waals surface area contributed by atoms with E-state index in [1.807, 2.05) is 36.2 Å². The number of para-hydroxylation sites is 2. The summed E-state index contributed by atoms with van der Waals surface area (Å²) in [4.78, 5) is 16.7. The van der Waals surface area contributed by atoms with Crippen LogP contribution in [0.5, 0.6) is 11.5 Å². The van der Waals surface area contributed by atoms with Crippen molar-refractivity contribution in [1.29, 1.82) is 0 Å². The molecule has 2 aromatic carbocycles. The second-order valence-electron chi connectivity index (χ2n) is 7.43. The number of nitrogens with zero attached hydrogens (tertiary/aromatic N) is 2. The van der Waals surface area contributed by atoms with Gasteiger partial charge in [-0.1, -0.05) is 18.2 Å². The first kappa shape index (κ1) is 23.7. The Morgan fingerprint density at radius 3 is 2.66 bits per heavy atom. The molecule has 0 saturated carbocycles. The number of carbonyl (C=O) groups is 1. The monoisotopic (exact) mass is 449 g/mol. The van der Waals surface area contributed by atoms with Crippen LogP contribution in [0.15, 0.2) is 42.5 Å². The number of halogens is 2. The zero-order chi connectivity index (χ0) is 22.9. The Bertz CT molecular complexity index is 891. The summed E-state index contributed by atoms with van der Waals surface area (Å²) in [7, 11) is 1.82. The minimum atomic E-state index is -2.92. The number of hydrogen-bond acceptors (Lipinski definition) is 6. The molecular formula is C23H29F2N3O4. The maximum absolute atomic E-state index is 12.7. The van der Waals surface area contributed by atoms with Crippen molar-refractivity contribution in [3.8, 4) is 11.5 Å². The van der Waals surface area contributed by atoms with E-state index in [0.29, 0.717) is 26.4 Å². The lowest BCUT2D eigenvalue weighted by molar-refractivity contribution is -0.117. The zero-order valence-electron chi connectivity index (χ0n) is 18.4. The van der Waals surface area contributed by atoms with Gasteiger partial charge in [0.25, 0.3) is 0 Å². The fourth-order valence-corrected chi connectivity index (χ4v) is 3.57. The molecule has 0 spiro atoms. The van der Waals surface area contributed by atoms with Gasteiger partial charge in [0, 0.05) is 19.6 Å². The molecule has 1 aliphatic rings. The van der Waals surface area contributed by atoms with Gasteiger partial charge in [-0.05, 0) is 43.8 Å². The second-order valence-corrected chi connectivity index (χ2v) is 7.43. The summed E-state index contributed by atoms with van der Waals surface area (Å²) in [6.07, 6.45) is 0. The second kappa shape index (κ2) is 11.6. The lowest BCUT2D eigenvalue weighted by Gasteiger charge is -2.30. The Kier molecular flexibility index (Phi) is 8.64. The molecule has 1 amide bonds. The Hall–Kier alpha value is -2.91. The molecule has 174 valence electrons. The average molecular weight is 449 g/mol. The van der Waals surface area contributed by atoms with Crippen LogP contribution < -0.4 is 19.7 Å². The van der Waals surface area contributed by atoms with Crippen LogP contribution in [0, 0.1) is 0 Å². The van der Waals surface area contributed by atoms with E-state index < -0.39 is 6.61 Å². The lowest BCUT2D eigenvalue weighted by Crippen LogP contribution is -2.37. The number of carbonyl (C=O) groups excluding carboxylic acids is 1. The molecule has 3 rings (SSSR count). The third kappa shape index (κ3) is 6.80. The van der Waals surface area contributed by atoms with Crippen LogP contribution in [0.4, 0.5) is 20.2 Å². The van der Waals surface area contributed by atoms with Gasteiger partial charge in [-0.3, -0.25) is 9.69 Å². The fraction of sp³-hybridized carbons (Fsp3) is 0.435. The van der Waals surface area contributed by atoms with Crippen LogP contribution in [-0.2, 0) is 16.1 Å². The summed E-state index contributed by atoms with van der Waals surface area (Å²) in [5, 5.41) is 3.00. The van der Waals surface area contributed by atoms with Gasteiger partial charge >= 0.3 is 6.61 Å². The number of ether oxygens (including phenoxy) is 3. The number of alkyl halides is 2. The Morgan fingerprint density at radius 1 is 1.19 bits per heavy atom. The number of benzene rings is 2. The number of rotatable bonds is 10. The van der Waals surface area contributed by atoms with Crippen molar-refractivity contribution in [2.45, 2.75) is 20.1 Å². The normalized spacial score (nSPS) is 14.0. The van der Waals surface area contributed by atoms with Crippen LogP contribution in [-0.4, -0.2) is 63.9 Å². The van der Waals surface area contributed by atoms with Gasteiger partial charge in [0.05, 0.1) is 37.7 Å². The van der Waals surface area contributed by atoms with E-state index in [2.05, 4.69) is 15.0 Å². The molecule has 0 aromatic heterocycles. The third-order valence-corrected chi connectivity index (χ3v) is 4.92. The molecule has 0 atom stereocenters. The van der Waals surface area contributed by atoms with E-state index in [0.717, 1.165) is 30.0 Å². The average Bonchev–Trinajstić information content (AvgIpc) is 2.76. The topological polar surface area (TPSA) is 63.3 Å². The molecule has 32 heavy (non-hydrogen) atoms. The molecule has 1 saturated heterocycles. The van der Waals surface area contributed by atoms with Crippen molar-refractivity contribution in [2.24, 2.45) is 0 Å². The number of nitrogens with one attached hydrogen (secondary N) is 1. The highest BCUT2D eigenvalue weighted by molar-refractivity contribution is 5.95. The van der Waals surface area contributed by atoms with E-state index in [-0.39, 0.29) is 24.0 Å². The Balaban J connectivity index is 1.60. The summed E-state index contributed by atoms with van der Waals surface area (Å²) in [6, 6.07) is 12.5. The molecule has 1 N–H and O–H groups in total. The van der Waals surface area contributed by atoms with Crippen LogP contribution in [0.1, 0.15) is 12.5 Å². The van der Waals surface area contributed by atoms with E-state index in [4.69, 9.17) is 9.47 Å². The van der Waals surface area contributed by atoms with Crippen molar-refractivity contribution in [3.63, 3.8) is 0 Å². The lowest BCUT2D eigenvalue weighted by atomic mass is 10.2. The van der Waals surface area contributed by atoms with Crippen LogP contribution in [0.25, 0.3) is 0 Å². The highest BCUT2D eigenvalue weighted by Gasteiger charge is 2.17. The van der Waals surface area contributed by atoms with Gasteiger partial charge in [0.1, 0.15) is 0 Å². The minimum absolute atomic E-state index is 0.00860. The first-order valence-corrected chi connectivity index (χ1v) is 10.6. The van der Waals surface area contributed by atoms with Gasteiger partial charge in [-0.25, -0.2) is 0 Å². The molecule has 1 heterocycles. The predicted molar refractivity (Wildman–Crippen MR) is 119 cm³/mol. The third-order valence-electron chi connectivity index (χ3n) is 4.92. The molecule has 0 bridgehead atoms. The number of morpholine rings is 1. The summed E-state index contributed by atoms with van der Waals surface area (Å²) in [5.41, 5.74) is 2.56. The van der Waals surface area contributed by atoms with E-state index in [1.165, 1.54) is 6.07 Å². The standard InChI is InChI=1S/C23H29F2N3O4/c1-3-31-21-14-17(8-9-20(21)32-23(24)25)15-27(2)16-22(29)26-18-6-4-5-7-19(18)28-10-12-30-13-11-28/h4-9,14,23H,3,10-13,15-16H2,1-2H3,(H,26,29). The van der Waals surface area contributed by atoms with Crippen molar-refractivity contribution in [2.75, 3.05) is 56.7 Å². The summed E-state index contributed by atoms with van der Waals surface area (Å²) in [6.45, 7) is 2.65. The molecule has 0 radical (unpaired) electrons. The summed E-state index contributed by atoms with van der Waals surface area (Å²) < 4.78 is 40.5. The minimum Gasteiger partial charge on any atom is -0.490 e. The van der Waals surface area contributed by atoms with Gasteiger partial charge in [-0.15, -0.1) is 0 Å². The van der Waals surface area contributed by atoms with Crippen molar-refractivity contribution in [1.82, 2.24) is 4.90 Å². The highest BCUT2D eigenvalue weighted by Crippen LogP contribution is 2.30. The van der Waals surface area contributed by atoms with Gasteiger partial charge in [0.15, 0.2) is 11.5 Å². The molecule has 9 heteroatoms. The molecule has 2 aromatic rings. The maximum atomic E-state index is 12.7. The highest BCUT2D eigenvalue weighted by atomic mass is 19.3. The quantitative estimate of drug-likeness (QED) is 0.598. The first-order valence-electron chi connectivity index (χ1n) is 10.6. The van der Waals surface area contributed by atoms with Gasteiger partial charge in [0.2, 0.25) is 5.91 Å². The van der Waals surface area contributed by atoms with Crippen LogP contribution >= 0.6 is 0 Å². The summed E-state index contributed by atoms with van der Waals surface area (Å²) in [5.74, 6) is 0.101. The number of hydrogen-bond donors (Lipinski definition) is 1. The fourth-order valence-electron chi connectivity index (χ4n) is 3.57. The van der Waals surface area contributed by atoms with Crippen molar-refractivity contribution in [3.05, 3.63) is 48.0 Å². The maximum Gasteiger partial charge on any atom is 0.387 e. The van der Waals surface area contributed by atoms with Gasteiger partial charge in [-0.2, -0.15) is 8.78 Å². The largest absolute Gasteiger partial charge is 0.490 e. The van der Waals surface area contributed by atoms with Crippen LogP contribution in [0.2, 0.25) is 0 Å². The van der Waals surface area contributed by atoms with E-state index >= 15 is 0 Å². The van der Waals surface area contributed by atoms with Crippen molar-refractivity contribution >= 4 is 17.3 Å². The Morgan fingerprint density at radius 2 is 1.94 bits per heavy atom. The van der Waals surface area contributed by atoms with Gasteiger partial charge < -0.3 is 24.4 Å². The molecule has 1 aliphatic heterocycles. The first-order chi connectivity index (χ1) is 15.5. The smallest absolute Gasteiger partial charge is 0.387 e. The van der Waals surface area contributed by atoms with E-state index in [1.54, 1.807) is 19.1 Å². The molecular weight excluding hydrogens is 420 g/mol. The predicted octanol–water partition coefficient (Wildman–Crippen LogP) is 3.59. The SMILES string of the molecule is CCOc1cc(CN(C)CC(=O)Nc2ccccc2N2CCOCC2)ccc1OC(F)F. The van der Waals surface area contributed by atoms with Crippen molar-refractivity contribution < 1.29 is 27.8 Å². The zero-order valence-corrected chi connectivity index (χ0v) is 18.4. The molecule has 1 fully saturated rings. The number of amides is 1. The van der Waals surface area contributed by atoms with Crippen LogP contribution in [0.3, 0.4) is 0 Å². The number of anilines is 2. The molecule has 7 nitrogen and oxygen atoms in total. The Labute approximate surface area is 186 Å². The number of likely N-dealkylation sites (N-methyl/N-ethyl adjacent to an activating group) is 1. The van der Waals surface area contributed by atoms with E-state index in [9.17, 15) is 13.6 Å².